The third-order valence-corrected chi connectivity index (χ3v) is 5.85. The molecule has 0 bridgehead atoms. The van der Waals surface area contributed by atoms with E-state index in [-0.39, 0.29) is 11.7 Å². The molecule has 0 saturated carbocycles. The number of hydrogen-bond acceptors (Lipinski definition) is 6. The lowest BCUT2D eigenvalue weighted by molar-refractivity contribution is 0.101. The molecule has 31 heavy (non-hydrogen) atoms. The number of ether oxygens (including phenoxy) is 1. The van der Waals surface area contributed by atoms with Crippen LogP contribution in [0.15, 0.2) is 70.1 Å². The number of aromatic nitrogens is 2. The number of aliphatic hydroxyl groups excluding tert-OH is 1. The zero-order chi connectivity index (χ0) is 22.1. The number of aliphatic hydroxyl groups is 1. The molecular weight excluding hydrogens is 416 g/mol. The van der Waals surface area contributed by atoms with E-state index in [9.17, 15) is 19.5 Å². The van der Waals surface area contributed by atoms with Crippen molar-refractivity contribution >= 4 is 33.4 Å². The van der Waals surface area contributed by atoms with Gasteiger partial charge in [0.05, 0.1) is 11.1 Å². The van der Waals surface area contributed by atoms with E-state index in [1.807, 2.05) is 30.3 Å². The predicted molar refractivity (Wildman–Crippen MR) is 120 cm³/mol. The quantitative estimate of drug-likeness (QED) is 0.362. The van der Waals surface area contributed by atoms with Crippen molar-refractivity contribution in [3.8, 4) is 10.8 Å². The van der Waals surface area contributed by atoms with Crippen LogP contribution in [0.5, 0.6) is 5.06 Å². The molecule has 0 amide bonds. The van der Waals surface area contributed by atoms with Crippen LogP contribution < -0.4 is 16.0 Å². The van der Waals surface area contributed by atoms with Crippen LogP contribution in [0.3, 0.4) is 0 Å². The van der Waals surface area contributed by atoms with E-state index in [0.717, 1.165) is 21.5 Å². The van der Waals surface area contributed by atoms with E-state index in [0.29, 0.717) is 32.1 Å². The first-order valence-corrected chi connectivity index (χ1v) is 10.2. The van der Waals surface area contributed by atoms with Gasteiger partial charge in [-0.15, -0.1) is 0 Å². The van der Waals surface area contributed by atoms with E-state index >= 15 is 0 Å². The largest absolute Gasteiger partial charge is 0.481 e. The summed E-state index contributed by atoms with van der Waals surface area (Å²) in [5.41, 5.74) is 0.969. The van der Waals surface area contributed by atoms with Crippen LogP contribution >= 0.6 is 11.3 Å². The number of benzene rings is 2. The summed E-state index contributed by atoms with van der Waals surface area (Å²) in [5.74, 6) is -0.439. The van der Waals surface area contributed by atoms with Gasteiger partial charge in [0.25, 0.3) is 11.5 Å². The van der Waals surface area contributed by atoms with Gasteiger partial charge in [0, 0.05) is 17.2 Å². The van der Waals surface area contributed by atoms with Crippen LogP contribution in [0.2, 0.25) is 0 Å². The summed E-state index contributed by atoms with van der Waals surface area (Å²) in [6.07, 6.45) is 1.46. The zero-order valence-corrected chi connectivity index (χ0v) is 17.5. The summed E-state index contributed by atoms with van der Waals surface area (Å²) in [6.45, 7) is 3.13. The summed E-state index contributed by atoms with van der Waals surface area (Å²) in [5, 5.41) is 10.8. The summed E-state index contributed by atoms with van der Waals surface area (Å²) in [4.78, 5) is 40.3. The number of rotatable bonds is 5. The van der Waals surface area contributed by atoms with E-state index < -0.39 is 11.2 Å². The number of ketones is 1. The number of hydrogen-bond donors (Lipinski definition) is 2. The van der Waals surface area contributed by atoms with Crippen molar-refractivity contribution in [1.29, 1.82) is 0 Å². The van der Waals surface area contributed by atoms with Gasteiger partial charge in [-0.05, 0) is 43.7 Å². The second-order valence-electron chi connectivity index (χ2n) is 6.89. The van der Waals surface area contributed by atoms with Crippen molar-refractivity contribution in [2.24, 2.45) is 0 Å². The number of aromatic amines is 1. The van der Waals surface area contributed by atoms with Gasteiger partial charge in [-0.1, -0.05) is 41.7 Å². The Bertz CT molecular complexity index is 1430. The van der Waals surface area contributed by atoms with Crippen LogP contribution in [0, 0.1) is 6.92 Å². The Balaban J connectivity index is 1.77. The topological polar surface area (TPSA) is 101 Å². The molecule has 0 saturated heterocycles. The molecule has 0 aliphatic carbocycles. The molecule has 2 aromatic heterocycles. The maximum absolute atomic E-state index is 13.1. The summed E-state index contributed by atoms with van der Waals surface area (Å²) < 4.78 is 6.55. The number of Topliss-reactive ketones (excluding diaryl/α,β-unsaturated/α-hetero) is 1. The van der Waals surface area contributed by atoms with Crippen molar-refractivity contribution in [1.82, 2.24) is 9.55 Å². The lowest BCUT2D eigenvalue weighted by Crippen LogP contribution is -2.33. The maximum Gasteiger partial charge on any atom is 0.334 e. The molecule has 0 aliphatic heterocycles. The molecule has 0 atom stereocenters. The fraction of sp³-hybridized carbons (Fsp3) is 0.0870. The van der Waals surface area contributed by atoms with Crippen LogP contribution in [0.4, 0.5) is 0 Å². The Morgan fingerprint density at radius 2 is 1.77 bits per heavy atom. The highest BCUT2D eigenvalue weighted by molar-refractivity contribution is 7.20. The fourth-order valence-electron chi connectivity index (χ4n) is 3.19. The lowest BCUT2D eigenvalue weighted by atomic mass is 10.1. The third-order valence-electron chi connectivity index (χ3n) is 4.76. The van der Waals surface area contributed by atoms with Crippen molar-refractivity contribution in [3.05, 3.63) is 98.1 Å². The smallest absolute Gasteiger partial charge is 0.334 e. The minimum absolute atomic E-state index is 0.109. The molecular formula is C23H18N2O5S. The van der Waals surface area contributed by atoms with Crippen molar-refractivity contribution < 1.29 is 14.6 Å². The maximum atomic E-state index is 13.1. The SMILES string of the molecule is CC(=O)c1ccc(-n2c(=O)[nH]c3sc(O/C(O)=C/c4ccccc4)c(C)c3c2=O)cc1. The summed E-state index contributed by atoms with van der Waals surface area (Å²) in [7, 11) is 0. The normalized spacial score (nSPS) is 11.6. The molecule has 0 radical (unpaired) electrons. The summed E-state index contributed by atoms with van der Waals surface area (Å²) >= 11 is 1.06. The Labute approximate surface area is 180 Å². The first-order valence-electron chi connectivity index (χ1n) is 9.38. The lowest BCUT2D eigenvalue weighted by Gasteiger charge is -2.06. The summed E-state index contributed by atoms with van der Waals surface area (Å²) in [6, 6.07) is 15.4. The van der Waals surface area contributed by atoms with Gasteiger partial charge >= 0.3 is 5.69 Å². The van der Waals surface area contributed by atoms with Gasteiger partial charge in [-0.2, -0.15) is 0 Å². The Morgan fingerprint density at radius 1 is 1.10 bits per heavy atom. The van der Waals surface area contributed by atoms with E-state index in [2.05, 4.69) is 4.98 Å². The van der Waals surface area contributed by atoms with Gasteiger partial charge in [0.2, 0.25) is 0 Å². The third kappa shape index (κ3) is 3.93. The molecule has 4 aromatic rings. The first-order chi connectivity index (χ1) is 14.8. The number of carbonyl (C=O) groups excluding carboxylic acids is 1. The molecule has 2 heterocycles. The van der Waals surface area contributed by atoms with Gasteiger partial charge in [0.1, 0.15) is 4.83 Å². The molecule has 0 fully saturated rings. The highest BCUT2D eigenvalue weighted by atomic mass is 32.1. The molecule has 0 unspecified atom stereocenters. The minimum atomic E-state index is -0.607. The second-order valence-corrected chi connectivity index (χ2v) is 7.87. The first kappa shape index (κ1) is 20.4. The number of aryl methyl sites for hydroxylation is 1. The number of nitrogens with zero attached hydrogens (tertiary/aromatic N) is 1. The van der Waals surface area contributed by atoms with Crippen LogP contribution in [-0.2, 0) is 0 Å². The molecule has 156 valence electrons. The van der Waals surface area contributed by atoms with E-state index in [4.69, 9.17) is 4.74 Å². The molecule has 2 N–H and O–H groups in total. The van der Waals surface area contributed by atoms with Gasteiger partial charge in [-0.3, -0.25) is 14.6 Å². The molecule has 8 heteroatoms. The number of fused-ring (bicyclic) bond motifs is 1. The number of H-pyrrole nitrogens is 1. The molecule has 0 spiro atoms. The fourth-order valence-corrected chi connectivity index (χ4v) is 4.24. The minimum Gasteiger partial charge on any atom is -0.481 e. The van der Waals surface area contributed by atoms with Gasteiger partial charge in [-0.25, -0.2) is 9.36 Å². The Kier molecular flexibility index (Phi) is 5.31. The average molecular weight is 434 g/mol. The molecule has 7 nitrogen and oxygen atoms in total. The highest BCUT2D eigenvalue weighted by Crippen LogP contribution is 2.34. The monoisotopic (exact) mass is 434 g/mol. The van der Waals surface area contributed by atoms with Gasteiger partial charge in [0.15, 0.2) is 10.8 Å². The van der Waals surface area contributed by atoms with Gasteiger partial charge < -0.3 is 9.84 Å². The molecule has 0 aliphatic rings. The van der Waals surface area contributed by atoms with Crippen LogP contribution in [0.1, 0.15) is 28.4 Å². The average Bonchev–Trinajstić information content (AvgIpc) is 3.04. The zero-order valence-electron chi connectivity index (χ0n) is 16.7. The number of thiophene rings is 1. The highest BCUT2D eigenvalue weighted by Gasteiger charge is 2.19. The van der Waals surface area contributed by atoms with E-state index in [1.54, 1.807) is 31.2 Å². The Morgan fingerprint density at radius 3 is 2.42 bits per heavy atom. The van der Waals surface area contributed by atoms with Crippen molar-refractivity contribution in [2.75, 3.05) is 0 Å². The number of nitrogens with one attached hydrogen (secondary N) is 1. The standard InChI is InChI=1S/C23H18N2O5S/c1-13-19-20(31-22(13)30-18(27)12-15-6-4-3-5-7-15)24-23(29)25(21(19)28)17-10-8-16(9-11-17)14(2)26/h3-12,27H,1-2H3,(H,24,29)/b18-12+. The second kappa shape index (κ2) is 8.08. The molecule has 4 rings (SSSR count). The van der Waals surface area contributed by atoms with Crippen molar-refractivity contribution in [2.45, 2.75) is 13.8 Å². The van der Waals surface area contributed by atoms with E-state index in [1.165, 1.54) is 13.0 Å². The molecule has 2 aromatic carbocycles. The van der Waals surface area contributed by atoms with Crippen molar-refractivity contribution in [3.63, 3.8) is 0 Å². The Hall–Kier alpha value is -3.91. The van der Waals surface area contributed by atoms with Crippen LogP contribution in [0.25, 0.3) is 22.0 Å². The number of carbonyl (C=O) groups is 1. The van der Waals surface area contributed by atoms with Crippen LogP contribution in [-0.4, -0.2) is 20.4 Å². The predicted octanol–water partition coefficient (Wildman–Crippen LogP) is 4.19.